The van der Waals surface area contributed by atoms with E-state index in [0.717, 1.165) is 39.8 Å². The Labute approximate surface area is 163 Å². The third kappa shape index (κ3) is 3.36. The minimum Gasteiger partial charge on any atom is -0.494 e. The largest absolute Gasteiger partial charge is 0.494 e. The molecule has 0 saturated heterocycles. The average molecular weight is 376 g/mol. The van der Waals surface area contributed by atoms with Gasteiger partial charge in [-0.15, -0.1) is 0 Å². The van der Waals surface area contributed by atoms with Crippen molar-refractivity contribution >= 4 is 28.0 Å². The number of ether oxygens (including phenoxy) is 1. The van der Waals surface area contributed by atoms with Gasteiger partial charge < -0.3 is 19.0 Å². The molecule has 0 atom stereocenters. The van der Waals surface area contributed by atoms with E-state index in [1.165, 1.54) is 0 Å². The van der Waals surface area contributed by atoms with Crippen molar-refractivity contribution in [3.8, 4) is 5.75 Å². The number of amides is 1. The van der Waals surface area contributed by atoms with Crippen LogP contribution in [-0.2, 0) is 13.1 Å². The van der Waals surface area contributed by atoms with Crippen molar-refractivity contribution in [2.45, 2.75) is 33.4 Å². The summed E-state index contributed by atoms with van der Waals surface area (Å²) < 4.78 is 13.5. The van der Waals surface area contributed by atoms with Crippen LogP contribution in [0.5, 0.6) is 5.75 Å². The Kier molecular flexibility index (Phi) is 5.06. The van der Waals surface area contributed by atoms with Crippen LogP contribution in [0.15, 0.2) is 59.0 Å². The first-order valence-electron chi connectivity index (χ1n) is 9.72. The van der Waals surface area contributed by atoms with Gasteiger partial charge in [-0.05, 0) is 43.2 Å². The zero-order chi connectivity index (χ0) is 19.5. The number of nitrogens with zero attached hydrogens (tertiary/aromatic N) is 1. The highest BCUT2D eigenvalue weighted by Crippen LogP contribution is 2.31. The van der Waals surface area contributed by atoms with Gasteiger partial charge in [0.1, 0.15) is 17.0 Å². The van der Waals surface area contributed by atoms with Crippen molar-refractivity contribution in [2.24, 2.45) is 0 Å². The minimum absolute atomic E-state index is 0.108. The molecule has 0 saturated carbocycles. The van der Waals surface area contributed by atoms with Crippen LogP contribution < -0.4 is 10.1 Å². The summed E-state index contributed by atoms with van der Waals surface area (Å²) in [5, 5.41) is 4.04. The third-order valence-corrected chi connectivity index (χ3v) is 4.82. The number of carbonyl (C=O) groups excluding carboxylic acids is 1. The monoisotopic (exact) mass is 376 g/mol. The van der Waals surface area contributed by atoms with Crippen LogP contribution in [0.2, 0.25) is 0 Å². The van der Waals surface area contributed by atoms with E-state index in [4.69, 9.17) is 9.15 Å². The first kappa shape index (κ1) is 18.2. The number of fused-ring (bicyclic) bond motifs is 3. The van der Waals surface area contributed by atoms with Crippen LogP contribution in [0, 0.1) is 0 Å². The Morgan fingerprint density at radius 3 is 2.61 bits per heavy atom. The zero-order valence-electron chi connectivity index (χ0n) is 16.2. The van der Waals surface area contributed by atoms with Crippen molar-refractivity contribution in [3.05, 3.63) is 65.9 Å². The molecule has 4 aromatic rings. The van der Waals surface area contributed by atoms with Gasteiger partial charge in [-0.2, -0.15) is 0 Å². The fourth-order valence-electron chi connectivity index (χ4n) is 3.46. The van der Waals surface area contributed by atoms with Crippen molar-refractivity contribution in [1.82, 2.24) is 9.88 Å². The van der Waals surface area contributed by atoms with Gasteiger partial charge in [-0.3, -0.25) is 4.79 Å². The minimum atomic E-state index is -0.108. The predicted molar refractivity (Wildman–Crippen MR) is 111 cm³/mol. The molecule has 5 heteroatoms. The lowest BCUT2D eigenvalue weighted by Crippen LogP contribution is -2.25. The number of carbonyl (C=O) groups is 1. The highest BCUT2D eigenvalue weighted by Gasteiger charge is 2.19. The summed E-state index contributed by atoms with van der Waals surface area (Å²) >= 11 is 0. The van der Waals surface area contributed by atoms with Crippen LogP contribution in [0.3, 0.4) is 0 Å². The van der Waals surface area contributed by atoms with E-state index in [0.29, 0.717) is 25.4 Å². The summed E-state index contributed by atoms with van der Waals surface area (Å²) in [6.07, 6.45) is 0.979. The number of rotatable bonds is 7. The maximum absolute atomic E-state index is 12.8. The normalized spacial score (nSPS) is 11.2. The van der Waals surface area contributed by atoms with Crippen molar-refractivity contribution in [3.63, 3.8) is 0 Å². The molecule has 0 aliphatic rings. The molecule has 0 aliphatic carbocycles. The van der Waals surface area contributed by atoms with E-state index in [9.17, 15) is 4.79 Å². The molecule has 0 unspecified atom stereocenters. The van der Waals surface area contributed by atoms with Crippen LogP contribution in [0.1, 0.15) is 36.3 Å². The molecule has 28 heavy (non-hydrogen) atoms. The Morgan fingerprint density at radius 1 is 1.07 bits per heavy atom. The van der Waals surface area contributed by atoms with Gasteiger partial charge in [0.05, 0.1) is 12.1 Å². The quantitative estimate of drug-likeness (QED) is 0.487. The SMILES string of the molecule is CCCOc1ccc(CNC(=O)c2cc3oc4ccccc4c3n2CC)cc1. The van der Waals surface area contributed by atoms with E-state index in [1.54, 1.807) is 0 Å². The lowest BCUT2D eigenvalue weighted by molar-refractivity contribution is 0.0942. The van der Waals surface area contributed by atoms with E-state index in [-0.39, 0.29) is 5.91 Å². The number of aromatic nitrogens is 1. The lowest BCUT2D eigenvalue weighted by atomic mass is 10.2. The molecule has 1 N–H and O–H groups in total. The molecular weight excluding hydrogens is 352 g/mol. The van der Waals surface area contributed by atoms with Gasteiger partial charge in [0, 0.05) is 24.5 Å². The Hall–Kier alpha value is -3.21. The summed E-state index contributed by atoms with van der Waals surface area (Å²) in [7, 11) is 0. The summed E-state index contributed by atoms with van der Waals surface area (Å²) in [6, 6.07) is 17.6. The van der Waals surface area contributed by atoms with Crippen molar-refractivity contribution in [2.75, 3.05) is 6.61 Å². The van der Waals surface area contributed by atoms with Gasteiger partial charge in [-0.1, -0.05) is 31.2 Å². The number of hydrogen-bond donors (Lipinski definition) is 1. The number of hydrogen-bond acceptors (Lipinski definition) is 3. The highest BCUT2D eigenvalue weighted by molar-refractivity contribution is 6.07. The van der Waals surface area contributed by atoms with Gasteiger partial charge in [0.15, 0.2) is 5.58 Å². The van der Waals surface area contributed by atoms with Crippen LogP contribution in [-0.4, -0.2) is 17.1 Å². The lowest BCUT2D eigenvalue weighted by Gasteiger charge is -2.10. The van der Waals surface area contributed by atoms with Crippen LogP contribution >= 0.6 is 0 Å². The molecule has 0 bridgehead atoms. The first-order chi connectivity index (χ1) is 13.7. The molecule has 0 radical (unpaired) electrons. The van der Waals surface area contributed by atoms with Gasteiger partial charge in [-0.25, -0.2) is 0 Å². The maximum atomic E-state index is 12.8. The number of nitrogens with one attached hydrogen (secondary N) is 1. The topological polar surface area (TPSA) is 56.4 Å². The summed E-state index contributed by atoms with van der Waals surface area (Å²) in [5.74, 6) is 0.743. The van der Waals surface area contributed by atoms with E-state index < -0.39 is 0 Å². The predicted octanol–water partition coefficient (Wildman–Crippen LogP) is 5.13. The van der Waals surface area contributed by atoms with Gasteiger partial charge in [0.25, 0.3) is 5.91 Å². The second-order valence-electron chi connectivity index (χ2n) is 6.76. The van der Waals surface area contributed by atoms with E-state index >= 15 is 0 Å². The highest BCUT2D eigenvalue weighted by atomic mass is 16.5. The number of benzene rings is 2. The smallest absolute Gasteiger partial charge is 0.268 e. The zero-order valence-corrected chi connectivity index (χ0v) is 16.2. The Balaban J connectivity index is 1.52. The molecule has 144 valence electrons. The summed E-state index contributed by atoms with van der Waals surface area (Å²) in [4.78, 5) is 12.8. The molecule has 2 aromatic heterocycles. The third-order valence-electron chi connectivity index (χ3n) is 4.82. The Morgan fingerprint density at radius 2 is 1.86 bits per heavy atom. The molecule has 5 nitrogen and oxygen atoms in total. The molecule has 4 rings (SSSR count). The molecule has 0 fully saturated rings. The van der Waals surface area contributed by atoms with Crippen molar-refractivity contribution in [1.29, 1.82) is 0 Å². The first-order valence-corrected chi connectivity index (χ1v) is 9.72. The fraction of sp³-hybridized carbons (Fsp3) is 0.261. The number of aryl methyl sites for hydroxylation is 1. The van der Waals surface area contributed by atoms with Crippen molar-refractivity contribution < 1.29 is 13.9 Å². The second kappa shape index (κ2) is 7.80. The Bertz CT molecular complexity index is 1110. The average Bonchev–Trinajstić information content (AvgIpc) is 3.27. The molecule has 2 heterocycles. The number of furan rings is 1. The molecule has 1 amide bonds. The fourth-order valence-corrected chi connectivity index (χ4v) is 3.46. The molecule has 2 aromatic carbocycles. The van der Waals surface area contributed by atoms with Crippen LogP contribution in [0.25, 0.3) is 22.1 Å². The molecule has 0 aliphatic heterocycles. The number of para-hydroxylation sites is 1. The standard InChI is InChI=1S/C23H24N2O3/c1-3-13-27-17-11-9-16(10-12-17)15-24-23(26)19-14-21-22(25(19)4-2)18-7-5-6-8-20(18)28-21/h5-12,14H,3-4,13,15H2,1-2H3,(H,24,26). The molecule has 0 spiro atoms. The van der Waals surface area contributed by atoms with E-state index in [2.05, 4.69) is 12.2 Å². The summed E-state index contributed by atoms with van der Waals surface area (Å²) in [6.45, 7) is 5.98. The van der Waals surface area contributed by atoms with Crippen LogP contribution in [0.4, 0.5) is 0 Å². The van der Waals surface area contributed by atoms with Gasteiger partial charge in [0.2, 0.25) is 0 Å². The van der Waals surface area contributed by atoms with Gasteiger partial charge >= 0.3 is 0 Å². The molecular formula is C23H24N2O3. The van der Waals surface area contributed by atoms with E-state index in [1.807, 2.05) is 66.1 Å². The maximum Gasteiger partial charge on any atom is 0.268 e. The summed E-state index contributed by atoms with van der Waals surface area (Å²) in [5.41, 5.74) is 4.20. The second-order valence-corrected chi connectivity index (χ2v) is 6.76.